The van der Waals surface area contributed by atoms with Crippen molar-refractivity contribution >= 4 is 29.2 Å². The zero-order chi connectivity index (χ0) is 33.4. The van der Waals surface area contributed by atoms with E-state index in [0.717, 1.165) is 19.1 Å². The third-order valence-corrected chi connectivity index (χ3v) is 9.10. The summed E-state index contributed by atoms with van der Waals surface area (Å²) in [6, 6.07) is 2.94. The second kappa shape index (κ2) is 11.1. The van der Waals surface area contributed by atoms with E-state index in [0.29, 0.717) is 5.01 Å². The Morgan fingerprint density at radius 1 is 1.07 bits per heavy atom. The lowest BCUT2D eigenvalue weighted by molar-refractivity contribution is -0.973. The number of ketones is 3. The fraction of sp³-hybridized carbons (Fsp3) is 0.387. The number of fused-ring (bicyclic) bond motifs is 3. The second-order valence-corrected chi connectivity index (χ2v) is 11.8. The predicted molar refractivity (Wildman–Crippen MR) is 151 cm³/mol. The van der Waals surface area contributed by atoms with E-state index < -0.39 is 112 Å². The zero-order valence-corrected chi connectivity index (χ0v) is 24.8. The molecular weight excluding hydrogens is 608 g/mol. The lowest BCUT2D eigenvalue weighted by Crippen LogP contribution is -3.20. The van der Waals surface area contributed by atoms with E-state index in [-0.39, 0.29) is 28.0 Å². The first-order valence-electron chi connectivity index (χ1n) is 14.4. The monoisotopic (exact) mass is 638 g/mol. The zero-order valence-electron chi connectivity index (χ0n) is 24.8. The Balaban J connectivity index is 1.43. The van der Waals surface area contributed by atoms with Crippen LogP contribution in [-0.2, 0) is 30.3 Å². The molecule has 46 heavy (non-hydrogen) atoms. The summed E-state index contributed by atoms with van der Waals surface area (Å²) in [6.07, 6.45) is -4.96. The number of rotatable bonds is 6. The van der Waals surface area contributed by atoms with Crippen molar-refractivity contribution in [2.24, 2.45) is 0 Å². The van der Waals surface area contributed by atoms with Crippen LogP contribution in [0, 0.1) is 5.21 Å². The lowest BCUT2D eigenvalue weighted by atomic mass is 9.72. The van der Waals surface area contributed by atoms with Crippen molar-refractivity contribution in [1.82, 2.24) is 5.01 Å². The predicted octanol–water partition coefficient (Wildman–Crippen LogP) is -0.707. The molecule has 4 aliphatic rings. The minimum Gasteiger partial charge on any atom is -0.607 e. The molecule has 2 aliphatic carbocycles. The van der Waals surface area contributed by atoms with Crippen LogP contribution < -0.4 is 9.91 Å². The van der Waals surface area contributed by atoms with Gasteiger partial charge in [0.25, 0.3) is 11.8 Å². The Labute approximate surface area is 260 Å². The third-order valence-electron chi connectivity index (χ3n) is 9.10. The first-order valence-corrected chi connectivity index (χ1v) is 14.4. The standard InChI is InChI=1S/C31H30N2O13/c1-12-26(37)16(33(43)32-19(35)7-8-20(32)36)9-21(45-12)46-18-11-31(42,13(2)34)10-15-23(18)30(41)25-24(28(15)39)27(38)14-5-4-6-17(44-3)22(14)29(25)40/h4-8,12,16,18,21,26,33,37,39,41-42H,9-11H2,1-3H3/t12?,16?,18-,21?,26?,31-/m0/s1. The fourth-order valence-corrected chi connectivity index (χ4v) is 6.65. The van der Waals surface area contributed by atoms with Crippen LogP contribution >= 0.6 is 0 Å². The molecule has 0 spiro atoms. The summed E-state index contributed by atoms with van der Waals surface area (Å²) in [5.41, 5.74) is -3.83. The molecule has 2 aromatic rings. The smallest absolute Gasteiger partial charge is 0.300 e. The minimum atomic E-state index is -2.16. The summed E-state index contributed by atoms with van der Waals surface area (Å²) in [4.78, 5) is 64.4. The number of carbonyl (C=O) groups excluding carboxylic acids is 5. The maximum Gasteiger partial charge on any atom is 0.300 e. The molecule has 6 rings (SSSR count). The van der Waals surface area contributed by atoms with Crippen molar-refractivity contribution in [3.63, 3.8) is 0 Å². The number of carbonyl (C=O) groups is 5. The maximum absolute atomic E-state index is 13.8. The summed E-state index contributed by atoms with van der Waals surface area (Å²) >= 11 is 0. The highest BCUT2D eigenvalue weighted by Gasteiger charge is 2.51. The number of aromatic hydroxyl groups is 2. The number of methoxy groups -OCH3 is 1. The van der Waals surface area contributed by atoms with Crippen molar-refractivity contribution < 1.29 is 63.8 Å². The third kappa shape index (κ3) is 4.62. The molecule has 2 aliphatic heterocycles. The molecule has 0 bridgehead atoms. The molecular formula is C31H30N2O13. The van der Waals surface area contributed by atoms with Gasteiger partial charge in [-0.15, -0.1) is 5.01 Å². The Hall–Kier alpha value is -4.51. The molecule has 2 amide bonds. The molecule has 0 saturated carbocycles. The second-order valence-electron chi connectivity index (χ2n) is 11.8. The molecule has 0 radical (unpaired) electrons. The van der Waals surface area contributed by atoms with Gasteiger partial charge in [0.1, 0.15) is 35.0 Å². The topological polar surface area (TPSA) is 225 Å². The number of hydrogen-bond donors (Lipinski definition) is 5. The van der Waals surface area contributed by atoms with Gasteiger partial charge in [-0.05, 0) is 19.9 Å². The molecule has 1 saturated heterocycles. The van der Waals surface area contributed by atoms with Gasteiger partial charge in [-0.2, -0.15) is 0 Å². The van der Waals surface area contributed by atoms with Crippen LogP contribution in [0.25, 0.3) is 0 Å². The van der Waals surface area contributed by atoms with Crippen LogP contribution in [0.1, 0.15) is 75.8 Å². The van der Waals surface area contributed by atoms with E-state index in [1.165, 1.54) is 32.2 Å². The van der Waals surface area contributed by atoms with Gasteiger partial charge in [0.2, 0.25) is 5.78 Å². The number of imide groups is 1. The summed E-state index contributed by atoms with van der Waals surface area (Å²) in [6.45, 7) is 2.53. The number of quaternary nitrogens is 1. The molecule has 2 aromatic carbocycles. The van der Waals surface area contributed by atoms with Crippen LogP contribution in [0.3, 0.4) is 0 Å². The van der Waals surface area contributed by atoms with Crippen molar-refractivity contribution in [3.05, 3.63) is 68.9 Å². The summed E-state index contributed by atoms with van der Waals surface area (Å²) in [5.74, 6) is -5.51. The number of amides is 2. The van der Waals surface area contributed by atoms with Gasteiger partial charge in [0.15, 0.2) is 17.9 Å². The Morgan fingerprint density at radius 2 is 1.72 bits per heavy atom. The highest BCUT2D eigenvalue weighted by molar-refractivity contribution is 6.31. The number of benzene rings is 2. The molecule has 0 aromatic heterocycles. The average Bonchev–Trinajstić information content (AvgIpc) is 3.35. The number of aliphatic hydroxyl groups excluding tert-OH is 1. The number of Topliss-reactive ketones (excluding diaryl/α,β-unsaturated/α-hetero) is 1. The van der Waals surface area contributed by atoms with E-state index >= 15 is 0 Å². The van der Waals surface area contributed by atoms with Crippen LogP contribution in [0.2, 0.25) is 0 Å². The van der Waals surface area contributed by atoms with Gasteiger partial charge >= 0.3 is 0 Å². The van der Waals surface area contributed by atoms with Crippen LogP contribution in [-0.4, -0.2) is 91.8 Å². The van der Waals surface area contributed by atoms with Gasteiger partial charge in [-0.3, -0.25) is 29.1 Å². The maximum atomic E-state index is 13.8. The fourth-order valence-electron chi connectivity index (χ4n) is 6.65. The number of nitrogens with zero attached hydrogens (tertiary/aromatic N) is 1. The van der Waals surface area contributed by atoms with E-state index in [9.17, 15) is 49.6 Å². The highest BCUT2D eigenvalue weighted by Crippen LogP contribution is 2.52. The Kier molecular flexibility index (Phi) is 7.58. The first kappa shape index (κ1) is 31.5. The van der Waals surface area contributed by atoms with E-state index in [2.05, 4.69) is 0 Å². The lowest BCUT2D eigenvalue weighted by Gasteiger charge is -2.45. The molecule has 15 heteroatoms. The Morgan fingerprint density at radius 3 is 2.35 bits per heavy atom. The molecule has 7 atom stereocenters. The van der Waals surface area contributed by atoms with Crippen molar-refractivity contribution in [2.75, 3.05) is 7.11 Å². The van der Waals surface area contributed by atoms with Crippen LogP contribution in [0.4, 0.5) is 0 Å². The van der Waals surface area contributed by atoms with Gasteiger partial charge in [0.05, 0.1) is 42.4 Å². The van der Waals surface area contributed by atoms with Gasteiger partial charge in [-0.25, -0.2) is 0 Å². The highest BCUT2D eigenvalue weighted by atomic mass is 16.7. The largest absolute Gasteiger partial charge is 0.607 e. The average molecular weight is 639 g/mol. The summed E-state index contributed by atoms with van der Waals surface area (Å²) in [5, 5.41) is 57.9. The van der Waals surface area contributed by atoms with E-state index in [4.69, 9.17) is 14.2 Å². The number of ether oxygens (including phenoxy) is 3. The van der Waals surface area contributed by atoms with E-state index in [1.54, 1.807) is 0 Å². The number of hydrogen-bond acceptors (Lipinski definition) is 13. The number of nitrogens with one attached hydrogen (secondary N) is 1. The van der Waals surface area contributed by atoms with Crippen molar-refractivity contribution in [3.8, 4) is 17.2 Å². The van der Waals surface area contributed by atoms with E-state index in [1.807, 2.05) is 0 Å². The molecule has 15 nitrogen and oxygen atoms in total. The van der Waals surface area contributed by atoms with Gasteiger partial charge < -0.3 is 39.8 Å². The molecule has 242 valence electrons. The molecule has 1 fully saturated rings. The molecule has 5 N–H and O–H groups in total. The van der Waals surface area contributed by atoms with Gasteiger partial charge in [0, 0.05) is 41.7 Å². The normalized spacial score (nSPS) is 29.3. The summed E-state index contributed by atoms with van der Waals surface area (Å²) < 4.78 is 17.2. The number of aliphatic hydroxyl groups is 2. The quantitative estimate of drug-likeness (QED) is 0.128. The number of phenols is 2. The van der Waals surface area contributed by atoms with Gasteiger partial charge in [-0.1, -0.05) is 12.1 Å². The summed E-state index contributed by atoms with van der Waals surface area (Å²) in [7, 11) is 1.30. The van der Waals surface area contributed by atoms with Crippen LogP contribution in [0.15, 0.2) is 30.4 Å². The number of hydroxylamine groups is 1. The van der Waals surface area contributed by atoms with Crippen molar-refractivity contribution in [1.29, 1.82) is 0 Å². The SMILES string of the molecule is COc1cccc2c1C(=O)c1c(O)c3c(c(O)c1C2=O)C[C@@](O)(C(C)=O)C[C@@H]3OC1CC([NH+]([O-])N2C(=O)C=CC2=O)C(O)C(C)O1. The van der Waals surface area contributed by atoms with Crippen molar-refractivity contribution in [2.45, 2.75) is 69.4 Å². The first-order chi connectivity index (χ1) is 21.7. The van der Waals surface area contributed by atoms with Crippen LogP contribution in [0.5, 0.6) is 17.2 Å². The number of phenolic OH excluding ortho intramolecular Hbond substituents is 2. The molecule has 5 unspecified atom stereocenters. The molecule has 2 heterocycles. The minimum absolute atomic E-state index is 0.0564. The Bertz CT molecular complexity index is 1730.